The molecule has 4 heteroatoms. The molecule has 0 spiro atoms. The first-order valence-corrected chi connectivity index (χ1v) is 4.02. The number of ether oxygens (including phenoxy) is 1. The molecule has 4 nitrogen and oxygen atoms in total. The molecule has 1 aromatic heterocycles. The van der Waals surface area contributed by atoms with Gasteiger partial charge in [0.25, 0.3) is 0 Å². The summed E-state index contributed by atoms with van der Waals surface area (Å²) in [5.41, 5.74) is 0.702. The topological polar surface area (TPSA) is 59.4 Å². The summed E-state index contributed by atoms with van der Waals surface area (Å²) >= 11 is 0. The van der Waals surface area contributed by atoms with E-state index in [0.29, 0.717) is 18.4 Å². The maximum Gasteiger partial charge on any atom is 0.512 e. The van der Waals surface area contributed by atoms with E-state index < -0.39 is 6.16 Å². The standard InChI is InChI=1S/C10H9NO3/c1-2-3-5-8-6-4-7-11-9(8)14-10(12)13/h1,4,6-7H,3,5H2,(H,12,13). The van der Waals surface area contributed by atoms with Gasteiger partial charge in [-0.1, -0.05) is 6.07 Å². The monoisotopic (exact) mass is 191 g/mol. The smallest absolute Gasteiger partial charge is 0.449 e. The number of carbonyl (C=O) groups is 1. The van der Waals surface area contributed by atoms with Crippen LogP contribution < -0.4 is 4.74 Å². The van der Waals surface area contributed by atoms with Gasteiger partial charge in [-0.3, -0.25) is 0 Å². The Labute approximate surface area is 81.5 Å². The number of nitrogens with zero attached hydrogens (tertiary/aromatic N) is 1. The van der Waals surface area contributed by atoms with Gasteiger partial charge in [0.05, 0.1) is 0 Å². The van der Waals surface area contributed by atoms with Crippen LogP contribution in [0.5, 0.6) is 5.88 Å². The molecule has 0 aliphatic rings. The molecule has 1 rings (SSSR count). The molecule has 0 aromatic carbocycles. The SMILES string of the molecule is C#CCCc1cccnc1OC(=O)O. The molecule has 0 saturated carbocycles. The minimum atomic E-state index is -1.37. The zero-order chi connectivity index (χ0) is 10.4. The van der Waals surface area contributed by atoms with Gasteiger partial charge >= 0.3 is 6.16 Å². The third-order valence-electron chi connectivity index (χ3n) is 1.57. The van der Waals surface area contributed by atoms with Gasteiger partial charge in [-0.25, -0.2) is 9.78 Å². The Balaban J connectivity index is 2.81. The highest BCUT2D eigenvalue weighted by atomic mass is 16.7. The summed E-state index contributed by atoms with van der Waals surface area (Å²) in [5, 5.41) is 8.41. The van der Waals surface area contributed by atoms with Crippen LogP contribution in [0, 0.1) is 12.3 Å². The summed E-state index contributed by atoms with van der Waals surface area (Å²) < 4.78 is 4.48. The van der Waals surface area contributed by atoms with Crippen LogP contribution in [0.25, 0.3) is 0 Å². The van der Waals surface area contributed by atoms with E-state index >= 15 is 0 Å². The average molecular weight is 191 g/mol. The van der Waals surface area contributed by atoms with Crippen molar-refractivity contribution >= 4 is 6.16 Å². The lowest BCUT2D eigenvalue weighted by Crippen LogP contribution is -2.06. The molecule has 1 heterocycles. The summed E-state index contributed by atoms with van der Waals surface area (Å²) in [6, 6.07) is 3.45. The van der Waals surface area contributed by atoms with Crippen LogP contribution in [-0.4, -0.2) is 16.2 Å². The van der Waals surface area contributed by atoms with Crippen molar-refractivity contribution in [2.45, 2.75) is 12.8 Å². The highest BCUT2D eigenvalue weighted by Gasteiger charge is 2.07. The van der Waals surface area contributed by atoms with Crippen molar-refractivity contribution in [2.75, 3.05) is 0 Å². The van der Waals surface area contributed by atoms with Gasteiger partial charge in [0.2, 0.25) is 5.88 Å². The second kappa shape index (κ2) is 4.87. The lowest BCUT2D eigenvalue weighted by atomic mass is 10.1. The first-order valence-electron chi connectivity index (χ1n) is 4.02. The molecule has 0 radical (unpaired) electrons. The van der Waals surface area contributed by atoms with Gasteiger partial charge in [0.15, 0.2) is 0 Å². The van der Waals surface area contributed by atoms with Crippen molar-refractivity contribution in [3.8, 4) is 18.2 Å². The normalized spacial score (nSPS) is 9.07. The van der Waals surface area contributed by atoms with E-state index in [1.807, 2.05) is 0 Å². The van der Waals surface area contributed by atoms with Crippen molar-refractivity contribution in [2.24, 2.45) is 0 Å². The zero-order valence-corrected chi connectivity index (χ0v) is 7.43. The number of aromatic nitrogens is 1. The van der Waals surface area contributed by atoms with Crippen LogP contribution in [0.3, 0.4) is 0 Å². The summed E-state index contributed by atoms with van der Waals surface area (Å²) in [4.78, 5) is 14.1. The zero-order valence-electron chi connectivity index (χ0n) is 7.43. The van der Waals surface area contributed by atoms with E-state index in [2.05, 4.69) is 15.6 Å². The molecule has 0 atom stereocenters. The third kappa shape index (κ3) is 2.79. The van der Waals surface area contributed by atoms with E-state index in [4.69, 9.17) is 11.5 Å². The van der Waals surface area contributed by atoms with Crippen molar-refractivity contribution < 1.29 is 14.6 Å². The number of carboxylic acid groups (broad SMARTS) is 1. The Kier molecular flexibility index (Phi) is 3.50. The number of terminal acetylenes is 1. The van der Waals surface area contributed by atoms with Gasteiger partial charge in [-0.05, 0) is 12.5 Å². The molecular weight excluding hydrogens is 182 g/mol. The molecule has 0 aliphatic carbocycles. The largest absolute Gasteiger partial charge is 0.512 e. The second-order valence-electron chi connectivity index (χ2n) is 2.54. The summed E-state index contributed by atoms with van der Waals surface area (Å²) in [7, 11) is 0. The van der Waals surface area contributed by atoms with Crippen LogP contribution in [0.4, 0.5) is 4.79 Å². The van der Waals surface area contributed by atoms with Gasteiger partial charge in [0, 0.05) is 18.2 Å². The number of hydrogen-bond acceptors (Lipinski definition) is 3. The van der Waals surface area contributed by atoms with Crippen molar-refractivity contribution in [1.82, 2.24) is 4.98 Å². The Morgan fingerprint density at radius 3 is 3.14 bits per heavy atom. The number of aryl methyl sites for hydroxylation is 1. The Morgan fingerprint density at radius 1 is 1.71 bits per heavy atom. The Morgan fingerprint density at radius 2 is 2.50 bits per heavy atom. The van der Waals surface area contributed by atoms with Crippen LogP contribution in [-0.2, 0) is 6.42 Å². The fraction of sp³-hybridized carbons (Fsp3) is 0.200. The predicted octanol–water partition coefficient (Wildman–Crippen LogP) is 1.70. The van der Waals surface area contributed by atoms with Gasteiger partial charge in [-0.15, -0.1) is 12.3 Å². The highest BCUT2D eigenvalue weighted by Crippen LogP contribution is 2.15. The minimum absolute atomic E-state index is 0.107. The van der Waals surface area contributed by atoms with Gasteiger partial charge < -0.3 is 9.84 Å². The van der Waals surface area contributed by atoms with Crippen LogP contribution in [0.15, 0.2) is 18.3 Å². The maximum atomic E-state index is 10.3. The van der Waals surface area contributed by atoms with E-state index in [1.54, 1.807) is 12.1 Å². The van der Waals surface area contributed by atoms with Crippen molar-refractivity contribution in [3.05, 3.63) is 23.9 Å². The molecule has 14 heavy (non-hydrogen) atoms. The van der Waals surface area contributed by atoms with Crippen LogP contribution in [0.1, 0.15) is 12.0 Å². The molecule has 0 saturated heterocycles. The molecular formula is C10H9NO3. The molecule has 1 N–H and O–H groups in total. The number of pyridine rings is 1. The van der Waals surface area contributed by atoms with Crippen LogP contribution in [0.2, 0.25) is 0 Å². The maximum absolute atomic E-state index is 10.3. The van der Waals surface area contributed by atoms with Crippen molar-refractivity contribution in [1.29, 1.82) is 0 Å². The molecule has 0 aliphatic heterocycles. The van der Waals surface area contributed by atoms with Gasteiger partial charge in [0.1, 0.15) is 0 Å². The van der Waals surface area contributed by atoms with Gasteiger partial charge in [-0.2, -0.15) is 0 Å². The van der Waals surface area contributed by atoms with Crippen LogP contribution >= 0.6 is 0 Å². The number of rotatable bonds is 3. The van der Waals surface area contributed by atoms with E-state index in [9.17, 15) is 4.79 Å². The van der Waals surface area contributed by atoms with E-state index in [1.165, 1.54) is 6.20 Å². The predicted molar refractivity (Wildman–Crippen MR) is 50.0 cm³/mol. The van der Waals surface area contributed by atoms with E-state index in [0.717, 1.165) is 0 Å². The molecule has 72 valence electrons. The highest BCUT2D eigenvalue weighted by molar-refractivity contribution is 5.60. The first-order chi connectivity index (χ1) is 6.74. The molecule has 1 aromatic rings. The first kappa shape index (κ1) is 10.1. The summed E-state index contributed by atoms with van der Waals surface area (Å²) in [6.07, 6.45) is 6.29. The number of hydrogen-bond donors (Lipinski definition) is 1. The minimum Gasteiger partial charge on any atom is -0.449 e. The fourth-order valence-electron chi connectivity index (χ4n) is 0.996. The quantitative estimate of drug-likeness (QED) is 0.583. The van der Waals surface area contributed by atoms with Crippen molar-refractivity contribution in [3.63, 3.8) is 0 Å². The fourth-order valence-corrected chi connectivity index (χ4v) is 0.996. The van der Waals surface area contributed by atoms with E-state index in [-0.39, 0.29) is 5.88 Å². The Bertz CT molecular complexity index is 368. The molecule has 0 bridgehead atoms. The molecule has 0 amide bonds. The lowest BCUT2D eigenvalue weighted by molar-refractivity contribution is 0.142. The third-order valence-corrected chi connectivity index (χ3v) is 1.57. The second-order valence-corrected chi connectivity index (χ2v) is 2.54. The summed E-state index contributed by atoms with van der Waals surface area (Å²) in [5.74, 6) is 2.57. The lowest BCUT2D eigenvalue weighted by Gasteiger charge is -2.03. The molecule has 0 unspecified atom stereocenters. The average Bonchev–Trinajstić information content (AvgIpc) is 2.16. The molecule has 0 fully saturated rings. The Hall–Kier alpha value is -2.02. The summed E-state index contributed by atoms with van der Waals surface area (Å²) in [6.45, 7) is 0.